The highest BCUT2D eigenvalue weighted by atomic mass is 16.5. The Kier molecular flexibility index (Phi) is 4.64. The number of hydrogen-bond acceptors (Lipinski definition) is 5. The SMILES string of the molecule is Cc1ccc2ncc(C#N)c(N3CCC(Oc4ccc(C)nc4)CC3)c2c1. The minimum atomic E-state index is 0.172. The summed E-state index contributed by atoms with van der Waals surface area (Å²) >= 11 is 0. The van der Waals surface area contributed by atoms with E-state index in [2.05, 4.69) is 40.0 Å². The van der Waals surface area contributed by atoms with Gasteiger partial charge >= 0.3 is 0 Å². The van der Waals surface area contributed by atoms with Gasteiger partial charge in [-0.2, -0.15) is 5.26 Å². The number of rotatable bonds is 3. The highest BCUT2D eigenvalue weighted by Crippen LogP contribution is 2.32. The number of ether oxygens (including phenoxy) is 1. The average Bonchev–Trinajstić information content (AvgIpc) is 2.69. The van der Waals surface area contributed by atoms with Gasteiger partial charge in [0, 0.05) is 43.2 Å². The fraction of sp³-hybridized carbons (Fsp3) is 0.318. The molecule has 27 heavy (non-hydrogen) atoms. The molecule has 1 aliphatic heterocycles. The summed E-state index contributed by atoms with van der Waals surface area (Å²) in [5.74, 6) is 0.821. The lowest BCUT2D eigenvalue weighted by atomic mass is 10.0. The fourth-order valence-corrected chi connectivity index (χ4v) is 3.63. The minimum absolute atomic E-state index is 0.172. The topological polar surface area (TPSA) is 62.0 Å². The maximum atomic E-state index is 9.60. The highest BCUT2D eigenvalue weighted by Gasteiger charge is 2.24. The number of anilines is 1. The van der Waals surface area contributed by atoms with Crippen molar-refractivity contribution in [2.45, 2.75) is 32.8 Å². The van der Waals surface area contributed by atoms with Crippen molar-refractivity contribution in [3.8, 4) is 11.8 Å². The van der Waals surface area contributed by atoms with E-state index in [0.717, 1.165) is 54.0 Å². The summed E-state index contributed by atoms with van der Waals surface area (Å²) in [5, 5.41) is 10.7. The largest absolute Gasteiger partial charge is 0.489 e. The summed E-state index contributed by atoms with van der Waals surface area (Å²) in [6, 6.07) is 12.5. The van der Waals surface area contributed by atoms with Gasteiger partial charge < -0.3 is 9.64 Å². The van der Waals surface area contributed by atoms with E-state index in [1.54, 1.807) is 12.4 Å². The van der Waals surface area contributed by atoms with Crippen LogP contribution >= 0.6 is 0 Å². The fourth-order valence-electron chi connectivity index (χ4n) is 3.63. The standard InChI is InChI=1S/C22H22N4O/c1-15-3-6-21-20(11-15)22(17(12-23)13-25-21)26-9-7-18(8-10-26)27-19-5-4-16(2)24-14-19/h3-6,11,13-14,18H,7-10H2,1-2H3. The van der Waals surface area contributed by atoms with Crippen LogP contribution in [0.5, 0.6) is 5.75 Å². The second-order valence-corrected chi connectivity index (χ2v) is 7.09. The number of aromatic nitrogens is 2. The first-order valence-electron chi connectivity index (χ1n) is 9.28. The molecule has 0 amide bonds. The molecule has 3 aromatic rings. The van der Waals surface area contributed by atoms with E-state index in [-0.39, 0.29) is 6.10 Å². The van der Waals surface area contributed by atoms with Crippen LogP contribution in [0.15, 0.2) is 42.7 Å². The maximum Gasteiger partial charge on any atom is 0.138 e. The Morgan fingerprint density at radius 2 is 1.89 bits per heavy atom. The number of hydrogen-bond donors (Lipinski definition) is 0. The van der Waals surface area contributed by atoms with Gasteiger partial charge in [-0.1, -0.05) is 11.6 Å². The van der Waals surface area contributed by atoms with Crippen LogP contribution in [0.25, 0.3) is 10.9 Å². The number of aryl methyl sites for hydroxylation is 2. The normalized spacial score (nSPS) is 14.9. The van der Waals surface area contributed by atoms with Crippen molar-refractivity contribution in [2.24, 2.45) is 0 Å². The second kappa shape index (κ2) is 7.24. The smallest absolute Gasteiger partial charge is 0.138 e. The Morgan fingerprint density at radius 3 is 2.59 bits per heavy atom. The number of piperidine rings is 1. The van der Waals surface area contributed by atoms with Crippen molar-refractivity contribution in [2.75, 3.05) is 18.0 Å². The summed E-state index contributed by atoms with van der Waals surface area (Å²) in [7, 11) is 0. The summed E-state index contributed by atoms with van der Waals surface area (Å²) in [6.07, 6.45) is 5.47. The second-order valence-electron chi connectivity index (χ2n) is 7.09. The third-order valence-electron chi connectivity index (χ3n) is 5.06. The van der Waals surface area contributed by atoms with Crippen LogP contribution in [-0.2, 0) is 0 Å². The van der Waals surface area contributed by atoms with E-state index in [1.165, 1.54) is 5.56 Å². The van der Waals surface area contributed by atoms with Gasteiger partial charge in [0.25, 0.3) is 0 Å². The molecule has 0 bridgehead atoms. The molecule has 0 unspecified atom stereocenters. The predicted molar refractivity (Wildman–Crippen MR) is 106 cm³/mol. The van der Waals surface area contributed by atoms with Crippen LogP contribution in [0.1, 0.15) is 29.7 Å². The molecule has 5 heteroatoms. The van der Waals surface area contributed by atoms with Gasteiger partial charge in [-0.3, -0.25) is 9.97 Å². The summed E-state index contributed by atoms with van der Waals surface area (Å²) in [4.78, 5) is 11.0. The molecular weight excluding hydrogens is 336 g/mol. The third-order valence-corrected chi connectivity index (χ3v) is 5.06. The Hall–Kier alpha value is -3.13. The van der Waals surface area contributed by atoms with Crippen LogP contribution in [0.2, 0.25) is 0 Å². The van der Waals surface area contributed by atoms with Crippen molar-refractivity contribution < 1.29 is 4.74 Å². The maximum absolute atomic E-state index is 9.60. The molecule has 4 rings (SSSR count). The zero-order valence-electron chi connectivity index (χ0n) is 15.6. The molecule has 2 aromatic heterocycles. The number of nitrogens with zero attached hydrogens (tertiary/aromatic N) is 4. The molecule has 5 nitrogen and oxygen atoms in total. The van der Waals surface area contributed by atoms with Crippen LogP contribution in [0.3, 0.4) is 0 Å². The van der Waals surface area contributed by atoms with E-state index in [1.807, 2.05) is 25.1 Å². The first-order chi connectivity index (χ1) is 13.1. The van der Waals surface area contributed by atoms with E-state index in [0.29, 0.717) is 5.56 Å². The molecule has 0 atom stereocenters. The van der Waals surface area contributed by atoms with Gasteiger partial charge in [-0.05, 0) is 38.1 Å². The Morgan fingerprint density at radius 1 is 1.07 bits per heavy atom. The highest BCUT2D eigenvalue weighted by molar-refractivity contribution is 5.95. The van der Waals surface area contributed by atoms with Crippen molar-refractivity contribution >= 4 is 16.6 Å². The average molecular weight is 358 g/mol. The first-order valence-corrected chi connectivity index (χ1v) is 9.28. The number of fused-ring (bicyclic) bond motifs is 1. The van der Waals surface area contributed by atoms with E-state index in [9.17, 15) is 5.26 Å². The summed E-state index contributed by atoms with van der Waals surface area (Å²) in [5.41, 5.74) is 4.72. The van der Waals surface area contributed by atoms with E-state index >= 15 is 0 Å². The van der Waals surface area contributed by atoms with Gasteiger partial charge in [0.15, 0.2) is 0 Å². The number of benzene rings is 1. The van der Waals surface area contributed by atoms with Gasteiger partial charge in [-0.25, -0.2) is 0 Å². The number of nitriles is 1. The molecule has 0 saturated carbocycles. The molecule has 1 aromatic carbocycles. The van der Waals surface area contributed by atoms with Crippen molar-refractivity contribution in [3.63, 3.8) is 0 Å². The molecule has 1 fully saturated rings. The molecule has 1 aliphatic rings. The van der Waals surface area contributed by atoms with Crippen molar-refractivity contribution in [3.05, 3.63) is 59.5 Å². The van der Waals surface area contributed by atoms with Gasteiger partial charge in [-0.15, -0.1) is 0 Å². The molecule has 1 saturated heterocycles. The van der Waals surface area contributed by atoms with E-state index in [4.69, 9.17) is 4.74 Å². The quantitative estimate of drug-likeness (QED) is 0.703. The summed E-state index contributed by atoms with van der Waals surface area (Å²) in [6.45, 7) is 5.74. The van der Waals surface area contributed by atoms with Crippen LogP contribution < -0.4 is 9.64 Å². The van der Waals surface area contributed by atoms with E-state index < -0.39 is 0 Å². The minimum Gasteiger partial charge on any atom is -0.489 e. The zero-order chi connectivity index (χ0) is 18.8. The van der Waals surface area contributed by atoms with Gasteiger partial charge in [0.05, 0.1) is 23.0 Å². The Labute approximate surface area is 159 Å². The molecule has 136 valence electrons. The molecule has 0 N–H and O–H groups in total. The molecule has 0 aliphatic carbocycles. The first kappa shape index (κ1) is 17.3. The summed E-state index contributed by atoms with van der Waals surface area (Å²) < 4.78 is 6.09. The Balaban J connectivity index is 1.55. The Bertz CT molecular complexity index is 999. The lowest BCUT2D eigenvalue weighted by Crippen LogP contribution is -2.38. The van der Waals surface area contributed by atoms with Crippen molar-refractivity contribution in [1.29, 1.82) is 5.26 Å². The predicted octanol–water partition coefficient (Wildman–Crippen LogP) is 4.17. The van der Waals surface area contributed by atoms with Crippen LogP contribution in [0, 0.1) is 25.2 Å². The van der Waals surface area contributed by atoms with Crippen LogP contribution in [-0.4, -0.2) is 29.2 Å². The van der Waals surface area contributed by atoms with Gasteiger partial charge in [0.2, 0.25) is 0 Å². The monoisotopic (exact) mass is 358 g/mol. The van der Waals surface area contributed by atoms with Crippen molar-refractivity contribution in [1.82, 2.24) is 9.97 Å². The lowest BCUT2D eigenvalue weighted by Gasteiger charge is -2.34. The molecule has 0 radical (unpaired) electrons. The number of pyridine rings is 2. The lowest BCUT2D eigenvalue weighted by molar-refractivity contribution is 0.170. The van der Waals surface area contributed by atoms with Crippen LogP contribution in [0.4, 0.5) is 5.69 Å². The molecule has 0 spiro atoms. The molecular formula is C22H22N4O. The molecule has 3 heterocycles. The third kappa shape index (κ3) is 3.56. The zero-order valence-corrected chi connectivity index (χ0v) is 15.6. The van der Waals surface area contributed by atoms with Gasteiger partial charge in [0.1, 0.15) is 17.9 Å².